The zero-order valence-electron chi connectivity index (χ0n) is 11.9. The molecule has 0 heterocycles. The van der Waals surface area contributed by atoms with E-state index >= 15 is 0 Å². The Morgan fingerprint density at radius 1 is 1.22 bits per heavy atom. The van der Waals surface area contributed by atoms with Gasteiger partial charge in [-0.15, -0.1) is 0 Å². The highest BCUT2D eigenvalue weighted by Gasteiger charge is 2.06. The first-order chi connectivity index (χ1) is 8.43. The average Bonchev–Trinajstić information content (AvgIpc) is 2.30. The molecule has 1 aromatic rings. The van der Waals surface area contributed by atoms with Gasteiger partial charge in [-0.3, -0.25) is 0 Å². The number of thiocarbonyl (C=S) groups is 1. The minimum atomic E-state index is 0.566. The van der Waals surface area contributed by atoms with Crippen LogP contribution in [0.1, 0.15) is 29.2 Å². The van der Waals surface area contributed by atoms with E-state index < -0.39 is 0 Å². The van der Waals surface area contributed by atoms with E-state index in [1.54, 1.807) is 0 Å². The maximum atomic E-state index is 5.62. The second-order valence-electron chi connectivity index (χ2n) is 4.99. The fourth-order valence-electron chi connectivity index (χ4n) is 2.05. The molecule has 1 rings (SSSR count). The van der Waals surface area contributed by atoms with Crippen LogP contribution in [0.5, 0.6) is 0 Å². The summed E-state index contributed by atoms with van der Waals surface area (Å²) in [6.07, 6.45) is 1.81. The topological polar surface area (TPSA) is 29.3 Å². The lowest BCUT2D eigenvalue weighted by Gasteiger charge is -2.16. The fraction of sp³-hybridized carbons (Fsp3) is 0.533. The van der Waals surface area contributed by atoms with Gasteiger partial charge in [-0.25, -0.2) is 0 Å². The summed E-state index contributed by atoms with van der Waals surface area (Å²) in [5.74, 6) is 0. The van der Waals surface area contributed by atoms with Crippen molar-refractivity contribution in [1.29, 1.82) is 0 Å². The van der Waals surface area contributed by atoms with Gasteiger partial charge in [0.05, 0.1) is 4.99 Å². The molecule has 0 aliphatic heterocycles. The second kappa shape index (κ2) is 6.86. The van der Waals surface area contributed by atoms with E-state index in [9.17, 15) is 0 Å². The minimum Gasteiger partial charge on any atom is -0.393 e. The van der Waals surface area contributed by atoms with Crippen LogP contribution in [0.3, 0.4) is 0 Å². The first-order valence-corrected chi connectivity index (χ1v) is 6.90. The Bertz CT molecular complexity index is 427. The van der Waals surface area contributed by atoms with Gasteiger partial charge in [-0.2, -0.15) is 0 Å². The maximum absolute atomic E-state index is 5.62. The van der Waals surface area contributed by atoms with Gasteiger partial charge in [-0.1, -0.05) is 31.3 Å². The van der Waals surface area contributed by atoms with E-state index in [0.717, 1.165) is 19.5 Å². The van der Waals surface area contributed by atoms with Crippen LogP contribution >= 0.6 is 12.2 Å². The van der Waals surface area contributed by atoms with Crippen LogP contribution in [-0.2, 0) is 12.8 Å². The molecule has 1 aromatic carbocycles. The zero-order valence-corrected chi connectivity index (χ0v) is 12.7. The third-order valence-electron chi connectivity index (χ3n) is 3.46. The Kier molecular flexibility index (Phi) is 5.76. The number of hydrogen-bond donors (Lipinski definition) is 1. The van der Waals surface area contributed by atoms with Gasteiger partial charge >= 0.3 is 0 Å². The van der Waals surface area contributed by atoms with Crippen LogP contribution in [0.15, 0.2) is 12.1 Å². The van der Waals surface area contributed by atoms with Crippen molar-refractivity contribution in [3.05, 3.63) is 34.4 Å². The summed E-state index contributed by atoms with van der Waals surface area (Å²) >= 11 is 4.99. The second-order valence-corrected chi connectivity index (χ2v) is 5.52. The number of aryl methyl sites for hydroxylation is 2. The molecule has 3 heteroatoms. The van der Waals surface area contributed by atoms with Gasteiger partial charge in [0.1, 0.15) is 0 Å². The molecule has 0 aliphatic carbocycles. The Balaban J connectivity index is 2.82. The summed E-state index contributed by atoms with van der Waals surface area (Å²) in [4.78, 5) is 2.90. The minimum absolute atomic E-state index is 0.566. The van der Waals surface area contributed by atoms with Crippen LogP contribution in [0, 0.1) is 13.8 Å². The van der Waals surface area contributed by atoms with Crippen LogP contribution in [0.4, 0.5) is 0 Å². The highest BCUT2D eigenvalue weighted by Crippen LogP contribution is 2.17. The summed E-state index contributed by atoms with van der Waals surface area (Å²) in [5, 5.41) is 0. The quantitative estimate of drug-likeness (QED) is 0.801. The molecule has 2 N–H and O–H groups in total. The van der Waals surface area contributed by atoms with Gasteiger partial charge in [0.25, 0.3) is 0 Å². The number of rotatable bonds is 6. The van der Waals surface area contributed by atoms with Crippen LogP contribution < -0.4 is 5.73 Å². The molecule has 0 radical (unpaired) electrons. The summed E-state index contributed by atoms with van der Waals surface area (Å²) in [5.41, 5.74) is 10.9. The lowest BCUT2D eigenvalue weighted by Crippen LogP contribution is -2.21. The van der Waals surface area contributed by atoms with Crippen LogP contribution in [0.25, 0.3) is 0 Å². The van der Waals surface area contributed by atoms with Gasteiger partial charge in [0.2, 0.25) is 0 Å². The first-order valence-electron chi connectivity index (χ1n) is 6.49. The Morgan fingerprint density at radius 2 is 1.78 bits per heavy atom. The lowest BCUT2D eigenvalue weighted by molar-refractivity contribution is 0.357. The summed E-state index contributed by atoms with van der Waals surface area (Å²) in [7, 11) is 2.16. The monoisotopic (exact) mass is 264 g/mol. The number of likely N-dealkylation sites (N-methyl/N-ethyl adjacent to an activating group) is 1. The van der Waals surface area contributed by atoms with Gasteiger partial charge < -0.3 is 10.6 Å². The molecule has 2 nitrogen and oxygen atoms in total. The third-order valence-corrected chi connectivity index (χ3v) is 3.61. The number of nitrogens with two attached hydrogens (primary N) is 1. The molecular formula is C15H24N2S. The molecule has 0 spiro atoms. The number of hydrogen-bond acceptors (Lipinski definition) is 2. The molecule has 0 aliphatic rings. The largest absolute Gasteiger partial charge is 0.393 e. The van der Waals surface area contributed by atoms with E-state index in [-0.39, 0.29) is 0 Å². The summed E-state index contributed by atoms with van der Waals surface area (Å²) in [6.45, 7) is 8.69. The molecule has 0 amide bonds. The van der Waals surface area contributed by atoms with E-state index in [2.05, 4.69) is 44.9 Å². The van der Waals surface area contributed by atoms with Crippen molar-refractivity contribution in [1.82, 2.24) is 4.90 Å². The van der Waals surface area contributed by atoms with E-state index in [4.69, 9.17) is 18.0 Å². The van der Waals surface area contributed by atoms with E-state index in [1.165, 1.54) is 22.3 Å². The predicted molar refractivity (Wildman–Crippen MR) is 83.3 cm³/mol. The molecule has 0 fully saturated rings. The molecular weight excluding hydrogens is 240 g/mol. The van der Waals surface area contributed by atoms with E-state index in [1.807, 2.05) is 0 Å². The molecule has 0 atom stereocenters. The summed E-state index contributed by atoms with van der Waals surface area (Å²) < 4.78 is 0. The molecule has 100 valence electrons. The van der Waals surface area contributed by atoms with Crippen molar-refractivity contribution in [3.63, 3.8) is 0 Å². The van der Waals surface area contributed by atoms with Crippen molar-refractivity contribution in [2.75, 3.05) is 20.1 Å². The van der Waals surface area contributed by atoms with Crippen molar-refractivity contribution in [3.8, 4) is 0 Å². The summed E-state index contributed by atoms with van der Waals surface area (Å²) in [6, 6.07) is 4.52. The van der Waals surface area contributed by atoms with Crippen molar-refractivity contribution < 1.29 is 0 Å². The molecule has 0 unspecified atom stereocenters. The molecule has 0 saturated carbocycles. The Labute approximate surface area is 116 Å². The fourth-order valence-corrected chi connectivity index (χ4v) is 2.21. The van der Waals surface area contributed by atoms with Crippen molar-refractivity contribution >= 4 is 17.2 Å². The normalized spacial score (nSPS) is 10.9. The van der Waals surface area contributed by atoms with Gasteiger partial charge in [0.15, 0.2) is 0 Å². The standard InChI is InChI=1S/C15H24N2S/c1-5-17(4)7-6-13-8-12(3)14(9-11(13)2)10-15(16)18/h8-9H,5-7,10H2,1-4H3,(H2,16,18). The maximum Gasteiger partial charge on any atom is 0.0771 e. The molecule has 18 heavy (non-hydrogen) atoms. The highest BCUT2D eigenvalue weighted by molar-refractivity contribution is 7.80. The van der Waals surface area contributed by atoms with Crippen molar-refractivity contribution in [2.24, 2.45) is 5.73 Å². The van der Waals surface area contributed by atoms with Crippen LogP contribution in [-0.4, -0.2) is 30.0 Å². The third kappa shape index (κ3) is 4.39. The average molecular weight is 264 g/mol. The Hall–Kier alpha value is -0.930. The predicted octanol–water partition coefficient (Wildman–Crippen LogP) is 2.63. The van der Waals surface area contributed by atoms with E-state index in [0.29, 0.717) is 11.4 Å². The molecule has 0 bridgehead atoms. The highest BCUT2D eigenvalue weighted by atomic mass is 32.1. The van der Waals surface area contributed by atoms with Gasteiger partial charge in [-0.05, 0) is 56.1 Å². The molecule has 0 aromatic heterocycles. The Morgan fingerprint density at radius 3 is 2.33 bits per heavy atom. The van der Waals surface area contributed by atoms with Crippen molar-refractivity contribution in [2.45, 2.75) is 33.6 Å². The van der Waals surface area contributed by atoms with Crippen LogP contribution in [0.2, 0.25) is 0 Å². The SMILES string of the molecule is CCN(C)CCc1cc(C)c(CC(N)=S)cc1C. The van der Waals surface area contributed by atoms with Gasteiger partial charge in [0, 0.05) is 13.0 Å². The number of benzene rings is 1. The number of nitrogens with zero attached hydrogens (tertiary/aromatic N) is 1. The first kappa shape index (κ1) is 15.1. The smallest absolute Gasteiger partial charge is 0.0771 e. The molecule has 0 saturated heterocycles. The lowest BCUT2D eigenvalue weighted by atomic mass is 9.96. The zero-order chi connectivity index (χ0) is 13.7.